The largest absolute Gasteiger partial charge is 0.489 e. The standard InChI is InChI=1S/C2H8BN2O2/c4-1-6-3-7-2-5/h1-2,4-5H2. The fourth-order valence-electron chi connectivity index (χ4n) is 0.127. The van der Waals surface area contributed by atoms with E-state index in [2.05, 4.69) is 9.31 Å². The SMILES string of the molecule is NCO[B]OCN. The lowest BCUT2D eigenvalue weighted by atomic mass is 10.4. The molecule has 0 rings (SSSR count). The van der Waals surface area contributed by atoms with Crippen LogP contribution in [0.3, 0.4) is 0 Å². The van der Waals surface area contributed by atoms with Gasteiger partial charge in [-0.25, -0.2) is 0 Å². The summed E-state index contributed by atoms with van der Waals surface area (Å²) in [6, 6.07) is 0. The van der Waals surface area contributed by atoms with Crippen molar-refractivity contribution in [2.75, 3.05) is 13.5 Å². The highest BCUT2D eigenvalue weighted by Gasteiger charge is 1.85. The van der Waals surface area contributed by atoms with Crippen LogP contribution in [0.1, 0.15) is 0 Å². The lowest BCUT2D eigenvalue weighted by Crippen LogP contribution is -2.15. The van der Waals surface area contributed by atoms with E-state index in [9.17, 15) is 0 Å². The molecule has 5 heteroatoms. The quantitative estimate of drug-likeness (QED) is 0.255. The minimum Gasteiger partial charge on any atom is -0.400 e. The van der Waals surface area contributed by atoms with Gasteiger partial charge in [0.15, 0.2) is 0 Å². The minimum atomic E-state index is 0.125. The predicted octanol–water partition coefficient (Wildman–Crippen LogP) is -1.61. The van der Waals surface area contributed by atoms with Gasteiger partial charge in [0.1, 0.15) is 0 Å². The molecule has 0 atom stereocenters. The van der Waals surface area contributed by atoms with E-state index in [0.717, 1.165) is 7.69 Å². The van der Waals surface area contributed by atoms with Crippen molar-refractivity contribution in [2.45, 2.75) is 0 Å². The Morgan fingerprint density at radius 2 is 1.57 bits per heavy atom. The van der Waals surface area contributed by atoms with Gasteiger partial charge in [-0.3, -0.25) is 0 Å². The maximum Gasteiger partial charge on any atom is 0.489 e. The first kappa shape index (κ1) is 6.90. The van der Waals surface area contributed by atoms with Crippen molar-refractivity contribution in [3.05, 3.63) is 0 Å². The molecule has 1 radical (unpaired) electrons. The third kappa shape index (κ3) is 5.90. The molecular weight excluding hydrogens is 94.8 g/mol. The van der Waals surface area contributed by atoms with Crippen LogP contribution in [0.4, 0.5) is 0 Å². The van der Waals surface area contributed by atoms with Crippen molar-refractivity contribution >= 4 is 7.69 Å². The molecule has 0 aromatic carbocycles. The molecule has 0 aliphatic carbocycles. The van der Waals surface area contributed by atoms with E-state index in [0.29, 0.717) is 0 Å². The lowest BCUT2D eigenvalue weighted by molar-refractivity contribution is 0.231. The van der Waals surface area contributed by atoms with E-state index in [1.54, 1.807) is 0 Å². The first-order chi connectivity index (χ1) is 3.41. The molecule has 0 spiro atoms. The molecule has 0 saturated heterocycles. The van der Waals surface area contributed by atoms with Crippen LogP contribution >= 0.6 is 0 Å². The third-order valence-corrected chi connectivity index (χ3v) is 0.329. The molecule has 4 N–H and O–H groups in total. The summed E-state index contributed by atoms with van der Waals surface area (Å²) in [7, 11) is 1.11. The second-order valence-electron chi connectivity index (χ2n) is 0.763. The molecule has 41 valence electrons. The minimum absolute atomic E-state index is 0.125. The van der Waals surface area contributed by atoms with Gasteiger partial charge in [-0.05, 0) is 0 Å². The van der Waals surface area contributed by atoms with Crippen LogP contribution in [0.2, 0.25) is 0 Å². The summed E-state index contributed by atoms with van der Waals surface area (Å²) in [6.45, 7) is 0.250. The van der Waals surface area contributed by atoms with Crippen molar-refractivity contribution in [2.24, 2.45) is 11.5 Å². The first-order valence-corrected chi connectivity index (χ1v) is 1.87. The van der Waals surface area contributed by atoms with Crippen LogP contribution in [0.15, 0.2) is 0 Å². The van der Waals surface area contributed by atoms with Crippen molar-refractivity contribution in [3.8, 4) is 0 Å². The smallest absolute Gasteiger partial charge is 0.400 e. The van der Waals surface area contributed by atoms with E-state index >= 15 is 0 Å². The highest BCUT2D eigenvalue weighted by atomic mass is 16.6. The number of hydrogen-bond donors (Lipinski definition) is 2. The van der Waals surface area contributed by atoms with Crippen molar-refractivity contribution in [1.29, 1.82) is 0 Å². The summed E-state index contributed by atoms with van der Waals surface area (Å²) in [6.07, 6.45) is 0. The summed E-state index contributed by atoms with van der Waals surface area (Å²) in [5.74, 6) is 0. The second kappa shape index (κ2) is 5.90. The molecule has 0 heterocycles. The van der Waals surface area contributed by atoms with Gasteiger partial charge in [-0.2, -0.15) is 0 Å². The summed E-state index contributed by atoms with van der Waals surface area (Å²) in [5, 5.41) is 0. The molecule has 0 aromatic heterocycles. The molecule has 0 bridgehead atoms. The normalized spacial score (nSPS) is 8.86. The Morgan fingerprint density at radius 3 is 1.86 bits per heavy atom. The van der Waals surface area contributed by atoms with Gasteiger partial charge >= 0.3 is 7.69 Å². The second-order valence-corrected chi connectivity index (χ2v) is 0.763. The molecule has 0 amide bonds. The monoisotopic (exact) mass is 103 g/mol. The van der Waals surface area contributed by atoms with Gasteiger partial charge in [-0.1, -0.05) is 0 Å². The summed E-state index contributed by atoms with van der Waals surface area (Å²) < 4.78 is 8.85. The van der Waals surface area contributed by atoms with Crippen LogP contribution < -0.4 is 11.5 Å². The molecule has 0 aliphatic heterocycles. The van der Waals surface area contributed by atoms with E-state index in [4.69, 9.17) is 11.5 Å². The van der Waals surface area contributed by atoms with Gasteiger partial charge in [0.05, 0.1) is 13.5 Å². The molecule has 0 unspecified atom stereocenters. The topological polar surface area (TPSA) is 70.5 Å². The van der Waals surface area contributed by atoms with Gasteiger partial charge in [-0.15, -0.1) is 0 Å². The average Bonchev–Trinajstić information content (AvgIpc) is 1.69. The highest BCUT2D eigenvalue weighted by molar-refractivity contribution is 6.17. The molecule has 0 fully saturated rings. The fraction of sp³-hybridized carbons (Fsp3) is 1.00. The van der Waals surface area contributed by atoms with Crippen LogP contribution in [0.5, 0.6) is 0 Å². The Labute approximate surface area is 43.1 Å². The Kier molecular flexibility index (Phi) is 5.82. The summed E-state index contributed by atoms with van der Waals surface area (Å²) in [5.41, 5.74) is 9.79. The molecule has 7 heavy (non-hydrogen) atoms. The summed E-state index contributed by atoms with van der Waals surface area (Å²) >= 11 is 0. The molecular formula is C2H8BN2O2. The Bertz CT molecular complexity index is 32.9. The Hall–Kier alpha value is -0.0951. The first-order valence-electron chi connectivity index (χ1n) is 1.87. The zero-order valence-corrected chi connectivity index (χ0v) is 3.96. The lowest BCUT2D eigenvalue weighted by Gasteiger charge is -1.94. The van der Waals surface area contributed by atoms with E-state index in [-0.39, 0.29) is 13.5 Å². The third-order valence-electron chi connectivity index (χ3n) is 0.329. The number of rotatable bonds is 4. The van der Waals surface area contributed by atoms with Gasteiger partial charge in [0.25, 0.3) is 0 Å². The van der Waals surface area contributed by atoms with Crippen LogP contribution in [-0.4, -0.2) is 21.1 Å². The number of nitrogens with two attached hydrogens (primary N) is 2. The van der Waals surface area contributed by atoms with E-state index < -0.39 is 0 Å². The van der Waals surface area contributed by atoms with E-state index in [1.165, 1.54) is 0 Å². The van der Waals surface area contributed by atoms with Gasteiger partial charge in [0, 0.05) is 0 Å². The predicted molar refractivity (Wildman–Crippen MR) is 26.0 cm³/mol. The highest BCUT2D eigenvalue weighted by Crippen LogP contribution is 1.62. The van der Waals surface area contributed by atoms with Crippen molar-refractivity contribution in [3.63, 3.8) is 0 Å². The van der Waals surface area contributed by atoms with Crippen molar-refractivity contribution < 1.29 is 9.31 Å². The van der Waals surface area contributed by atoms with E-state index in [1.807, 2.05) is 0 Å². The maximum atomic E-state index is 4.89. The molecule has 0 saturated carbocycles. The zero-order chi connectivity index (χ0) is 5.54. The molecule has 0 aromatic rings. The van der Waals surface area contributed by atoms with Crippen LogP contribution in [0, 0.1) is 0 Å². The van der Waals surface area contributed by atoms with Gasteiger partial charge in [0.2, 0.25) is 0 Å². The maximum absolute atomic E-state index is 4.89. The van der Waals surface area contributed by atoms with Crippen LogP contribution in [-0.2, 0) is 9.31 Å². The van der Waals surface area contributed by atoms with Crippen molar-refractivity contribution in [1.82, 2.24) is 0 Å². The van der Waals surface area contributed by atoms with Gasteiger partial charge < -0.3 is 20.8 Å². The zero-order valence-electron chi connectivity index (χ0n) is 3.96. The molecule has 0 aliphatic rings. The Morgan fingerprint density at radius 1 is 1.14 bits per heavy atom. The summed E-state index contributed by atoms with van der Waals surface area (Å²) in [4.78, 5) is 0. The fourth-order valence-corrected chi connectivity index (χ4v) is 0.127. The Balaban J connectivity index is 2.45. The number of hydrogen-bond acceptors (Lipinski definition) is 4. The molecule has 4 nitrogen and oxygen atoms in total. The average molecular weight is 103 g/mol. The van der Waals surface area contributed by atoms with Crippen LogP contribution in [0.25, 0.3) is 0 Å².